The number of alkyl carbamates (subject to hydrolysis) is 1. The monoisotopic (exact) mass is 452 g/mol. The van der Waals surface area contributed by atoms with Crippen molar-refractivity contribution >= 4 is 18.0 Å². The first-order chi connectivity index (χ1) is 15.6. The molecule has 0 saturated carbocycles. The first kappa shape index (κ1) is 24.3. The summed E-state index contributed by atoms with van der Waals surface area (Å²) in [5.41, 5.74) is 4.55. The average Bonchev–Trinajstić information content (AvgIpc) is 3.10. The fourth-order valence-electron chi connectivity index (χ4n) is 4.58. The molecule has 33 heavy (non-hydrogen) atoms. The zero-order valence-electron chi connectivity index (χ0n) is 19.7. The lowest BCUT2D eigenvalue weighted by Gasteiger charge is -2.32. The zero-order valence-corrected chi connectivity index (χ0v) is 19.7. The van der Waals surface area contributed by atoms with Crippen molar-refractivity contribution in [1.29, 1.82) is 0 Å². The van der Waals surface area contributed by atoms with E-state index in [1.54, 1.807) is 6.92 Å². The SMILES string of the molecule is CC(C)C(C(=O)N(C)C(C)C(=O)O)C(C)NC(=O)OCC1c2ccccc2-c2ccccc21. The molecule has 1 aliphatic carbocycles. The van der Waals surface area contributed by atoms with Gasteiger partial charge in [-0.2, -0.15) is 0 Å². The summed E-state index contributed by atoms with van der Waals surface area (Å²) >= 11 is 0. The van der Waals surface area contributed by atoms with Gasteiger partial charge in [0.1, 0.15) is 12.6 Å². The number of nitrogens with zero attached hydrogens (tertiary/aromatic N) is 1. The van der Waals surface area contributed by atoms with Gasteiger partial charge in [-0.05, 0) is 42.0 Å². The number of carboxylic acid groups (broad SMARTS) is 1. The van der Waals surface area contributed by atoms with Crippen molar-refractivity contribution in [2.24, 2.45) is 11.8 Å². The number of fused-ring (bicyclic) bond motifs is 3. The van der Waals surface area contributed by atoms with E-state index < -0.39 is 30.1 Å². The number of benzene rings is 2. The first-order valence-corrected chi connectivity index (χ1v) is 11.2. The maximum Gasteiger partial charge on any atom is 0.407 e. The lowest BCUT2D eigenvalue weighted by molar-refractivity contribution is -0.151. The summed E-state index contributed by atoms with van der Waals surface area (Å²) < 4.78 is 5.60. The number of nitrogens with one attached hydrogen (secondary N) is 1. The molecule has 0 radical (unpaired) electrons. The Labute approximate surface area is 194 Å². The van der Waals surface area contributed by atoms with E-state index in [2.05, 4.69) is 29.6 Å². The quantitative estimate of drug-likeness (QED) is 0.628. The maximum atomic E-state index is 13.0. The highest BCUT2D eigenvalue weighted by atomic mass is 16.5. The standard InChI is InChI=1S/C26H32N2O5/c1-15(2)23(24(29)28(5)17(4)25(30)31)16(3)27-26(32)33-14-22-20-12-8-6-10-18(20)19-11-7-9-13-21(19)22/h6-13,15-17,22-23H,14H2,1-5H3,(H,27,32)(H,30,31). The normalized spacial score (nSPS) is 15.2. The number of hydrogen-bond donors (Lipinski definition) is 2. The molecule has 0 bridgehead atoms. The largest absolute Gasteiger partial charge is 0.480 e. The number of carbonyl (C=O) groups is 3. The van der Waals surface area contributed by atoms with Crippen LogP contribution in [-0.4, -0.2) is 53.7 Å². The molecule has 3 rings (SSSR count). The predicted molar refractivity (Wildman–Crippen MR) is 126 cm³/mol. The fraction of sp³-hybridized carbons (Fsp3) is 0.423. The van der Waals surface area contributed by atoms with Gasteiger partial charge in [0.25, 0.3) is 0 Å². The summed E-state index contributed by atoms with van der Waals surface area (Å²) in [6.07, 6.45) is -0.600. The van der Waals surface area contributed by atoms with Crippen molar-refractivity contribution in [3.05, 3.63) is 59.7 Å². The molecule has 0 spiro atoms. The van der Waals surface area contributed by atoms with E-state index in [0.29, 0.717) is 0 Å². The van der Waals surface area contributed by atoms with Crippen molar-refractivity contribution in [3.8, 4) is 11.1 Å². The molecule has 2 aromatic rings. The molecular formula is C26H32N2O5. The van der Waals surface area contributed by atoms with Gasteiger partial charge in [0.15, 0.2) is 0 Å². The number of aliphatic carboxylic acids is 1. The Hall–Kier alpha value is -3.35. The third-order valence-electron chi connectivity index (χ3n) is 6.52. The van der Waals surface area contributed by atoms with E-state index in [-0.39, 0.29) is 24.3 Å². The Morgan fingerprint density at radius 1 is 0.970 bits per heavy atom. The van der Waals surface area contributed by atoms with Crippen LogP contribution in [0.2, 0.25) is 0 Å². The van der Waals surface area contributed by atoms with Crippen molar-refractivity contribution in [1.82, 2.24) is 10.2 Å². The van der Waals surface area contributed by atoms with Crippen LogP contribution in [0.5, 0.6) is 0 Å². The summed E-state index contributed by atoms with van der Waals surface area (Å²) in [6.45, 7) is 7.13. The fourth-order valence-corrected chi connectivity index (χ4v) is 4.58. The van der Waals surface area contributed by atoms with Gasteiger partial charge in [0, 0.05) is 19.0 Å². The van der Waals surface area contributed by atoms with Crippen LogP contribution in [-0.2, 0) is 14.3 Å². The molecule has 0 aromatic heterocycles. The summed E-state index contributed by atoms with van der Waals surface area (Å²) in [4.78, 5) is 38.1. The smallest absolute Gasteiger partial charge is 0.407 e. The highest BCUT2D eigenvalue weighted by Crippen LogP contribution is 2.44. The Bertz CT molecular complexity index is 989. The molecule has 0 fully saturated rings. The summed E-state index contributed by atoms with van der Waals surface area (Å²) in [6, 6.07) is 14.7. The molecule has 3 atom stereocenters. The second-order valence-electron chi connectivity index (χ2n) is 8.99. The van der Waals surface area contributed by atoms with Crippen LogP contribution in [0.4, 0.5) is 4.79 Å². The van der Waals surface area contributed by atoms with Crippen LogP contribution in [0.15, 0.2) is 48.5 Å². The van der Waals surface area contributed by atoms with Gasteiger partial charge >= 0.3 is 12.1 Å². The molecule has 3 unspecified atom stereocenters. The lowest BCUT2D eigenvalue weighted by Crippen LogP contribution is -2.51. The topological polar surface area (TPSA) is 95.9 Å². The van der Waals surface area contributed by atoms with Gasteiger partial charge in [0.05, 0.1) is 5.92 Å². The van der Waals surface area contributed by atoms with Crippen molar-refractivity contribution in [3.63, 3.8) is 0 Å². The molecule has 0 aliphatic heterocycles. The Balaban J connectivity index is 1.66. The number of ether oxygens (including phenoxy) is 1. The first-order valence-electron chi connectivity index (χ1n) is 11.2. The lowest BCUT2D eigenvalue weighted by atomic mass is 9.87. The van der Waals surface area contributed by atoms with Gasteiger partial charge in [-0.25, -0.2) is 9.59 Å². The number of carboxylic acids is 1. The van der Waals surface area contributed by atoms with Crippen LogP contribution in [0.25, 0.3) is 11.1 Å². The van der Waals surface area contributed by atoms with Crippen molar-refractivity contribution < 1.29 is 24.2 Å². The number of amides is 2. The Kier molecular flexibility index (Phi) is 7.41. The maximum absolute atomic E-state index is 13.0. The third-order valence-corrected chi connectivity index (χ3v) is 6.52. The second kappa shape index (κ2) is 10.1. The minimum Gasteiger partial charge on any atom is -0.480 e. The summed E-state index contributed by atoms with van der Waals surface area (Å²) in [7, 11) is 1.47. The molecule has 2 amide bonds. The Morgan fingerprint density at radius 2 is 1.48 bits per heavy atom. The molecule has 7 heteroatoms. The van der Waals surface area contributed by atoms with Gasteiger partial charge in [0.2, 0.25) is 5.91 Å². The predicted octanol–water partition coefficient (Wildman–Crippen LogP) is 4.12. The molecule has 7 nitrogen and oxygen atoms in total. The molecule has 2 aromatic carbocycles. The average molecular weight is 453 g/mol. The molecule has 176 valence electrons. The second-order valence-corrected chi connectivity index (χ2v) is 8.99. The molecule has 2 N–H and O–H groups in total. The van der Waals surface area contributed by atoms with Crippen LogP contribution >= 0.6 is 0 Å². The van der Waals surface area contributed by atoms with Crippen LogP contribution in [0.1, 0.15) is 44.7 Å². The summed E-state index contributed by atoms with van der Waals surface area (Å²) in [5, 5.41) is 12.0. The zero-order chi connectivity index (χ0) is 24.3. The minimum atomic E-state index is -1.08. The number of rotatable bonds is 8. The highest BCUT2D eigenvalue weighted by molar-refractivity contribution is 5.85. The van der Waals surface area contributed by atoms with Crippen LogP contribution < -0.4 is 5.32 Å². The number of likely N-dealkylation sites (N-methyl/N-ethyl adjacent to an activating group) is 1. The van der Waals surface area contributed by atoms with Crippen molar-refractivity contribution in [2.75, 3.05) is 13.7 Å². The Morgan fingerprint density at radius 3 is 1.97 bits per heavy atom. The number of carbonyl (C=O) groups excluding carboxylic acids is 2. The van der Waals surface area contributed by atoms with Gasteiger partial charge in [-0.15, -0.1) is 0 Å². The van der Waals surface area contributed by atoms with E-state index in [1.165, 1.54) is 18.9 Å². The molecular weight excluding hydrogens is 420 g/mol. The number of hydrogen-bond acceptors (Lipinski definition) is 4. The molecule has 0 saturated heterocycles. The third kappa shape index (κ3) is 5.02. The van der Waals surface area contributed by atoms with Gasteiger partial charge < -0.3 is 20.1 Å². The van der Waals surface area contributed by atoms with E-state index in [9.17, 15) is 19.5 Å². The van der Waals surface area contributed by atoms with Gasteiger partial charge in [-0.3, -0.25) is 4.79 Å². The van der Waals surface area contributed by atoms with Crippen LogP contribution in [0.3, 0.4) is 0 Å². The van der Waals surface area contributed by atoms with E-state index in [4.69, 9.17) is 4.74 Å². The van der Waals surface area contributed by atoms with Crippen molar-refractivity contribution in [2.45, 2.75) is 45.7 Å². The van der Waals surface area contributed by atoms with Crippen LogP contribution in [0, 0.1) is 11.8 Å². The highest BCUT2D eigenvalue weighted by Gasteiger charge is 2.35. The van der Waals surface area contributed by atoms with E-state index in [1.807, 2.05) is 38.1 Å². The summed E-state index contributed by atoms with van der Waals surface area (Å²) in [5.74, 6) is -2.15. The van der Waals surface area contributed by atoms with E-state index in [0.717, 1.165) is 22.3 Å². The minimum absolute atomic E-state index is 0.0523. The molecule has 1 aliphatic rings. The molecule has 0 heterocycles. The van der Waals surface area contributed by atoms with Gasteiger partial charge in [-0.1, -0.05) is 62.4 Å². The van der Waals surface area contributed by atoms with E-state index >= 15 is 0 Å².